The number of amides is 1. The molecule has 2 rings (SSSR count). The summed E-state index contributed by atoms with van der Waals surface area (Å²) in [6.45, 7) is 4.60. The molecule has 0 bridgehead atoms. The molecule has 0 saturated carbocycles. The molecule has 1 atom stereocenters. The molecule has 0 spiro atoms. The number of ether oxygens (including phenoxy) is 1. The zero-order valence-electron chi connectivity index (χ0n) is 11.8. The van der Waals surface area contributed by atoms with Crippen molar-refractivity contribution in [2.75, 3.05) is 6.61 Å². The Hall–Kier alpha value is -1.81. The van der Waals surface area contributed by atoms with Crippen molar-refractivity contribution in [2.24, 2.45) is 0 Å². The highest BCUT2D eigenvalue weighted by atomic mass is 32.1. The van der Waals surface area contributed by atoms with Gasteiger partial charge in [-0.2, -0.15) is 0 Å². The summed E-state index contributed by atoms with van der Waals surface area (Å²) in [7, 11) is 0. The van der Waals surface area contributed by atoms with Crippen molar-refractivity contribution < 1.29 is 9.53 Å². The van der Waals surface area contributed by atoms with E-state index in [-0.39, 0.29) is 11.9 Å². The average Bonchev–Trinajstić information content (AvgIpc) is 2.95. The van der Waals surface area contributed by atoms with E-state index in [1.54, 1.807) is 11.3 Å². The molecular weight excluding hydrogens is 270 g/mol. The number of carbonyl (C=O) groups excluding carboxylic acids is 1. The standard InChI is InChI=1S/C16H19NO2S/c1-3-19-14-8-6-13(7-9-14)11-16(18)17-12(2)15-5-4-10-20-15/h4-10,12H,3,11H2,1-2H3,(H,17,18). The third-order valence-electron chi connectivity index (χ3n) is 2.95. The SMILES string of the molecule is CCOc1ccc(CC(=O)NC(C)c2cccs2)cc1. The quantitative estimate of drug-likeness (QED) is 0.883. The van der Waals surface area contributed by atoms with Gasteiger partial charge in [-0.05, 0) is 43.0 Å². The summed E-state index contributed by atoms with van der Waals surface area (Å²) in [5.41, 5.74) is 0.990. The fraction of sp³-hybridized carbons (Fsp3) is 0.312. The highest BCUT2D eigenvalue weighted by Gasteiger charge is 2.10. The Morgan fingerprint density at radius 2 is 2.05 bits per heavy atom. The zero-order valence-corrected chi connectivity index (χ0v) is 12.6. The predicted octanol–water partition coefficient (Wildman–Crippen LogP) is 3.57. The number of nitrogens with one attached hydrogen (secondary N) is 1. The second-order valence-corrected chi connectivity index (χ2v) is 5.54. The Balaban J connectivity index is 1.87. The Morgan fingerprint density at radius 3 is 2.65 bits per heavy atom. The molecule has 20 heavy (non-hydrogen) atoms. The molecule has 1 amide bonds. The third-order valence-corrected chi connectivity index (χ3v) is 4.00. The average molecular weight is 289 g/mol. The topological polar surface area (TPSA) is 38.3 Å². The van der Waals surface area contributed by atoms with Crippen LogP contribution in [0.25, 0.3) is 0 Å². The van der Waals surface area contributed by atoms with E-state index in [0.717, 1.165) is 11.3 Å². The fourth-order valence-corrected chi connectivity index (χ4v) is 2.69. The van der Waals surface area contributed by atoms with Crippen molar-refractivity contribution >= 4 is 17.2 Å². The summed E-state index contributed by atoms with van der Waals surface area (Å²) < 4.78 is 5.38. The molecule has 0 aliphatic carbocycles. The normalized spacial score (nSPS) is 11.9. The van der Waals surface area contributed by atoms with Gasteiger partial charge in [0.2, 0.25) is 5.91 Å². The molecule has 1 aromatic heterocycles. The van der Waals surface area contributed by atoms with E-state index >= 15 is 0 Å². The minimum Gasteiger partial charge on any atom is -0.494 e. The molecule has 0 aliphatic rings. The van der Waals surface area contributed by atoms with Crippen molar-refractivity contribution in [2.45, 2.75) is 26.3 Å². The van der Waals surface area contributed by atoms with Crippen LogP contribution in [-0.2, 0) is 11.2 Å². The summed E-state index contributed by atoms with van der Waals surface area (Å²) >= 11 is 1.66. The fourth-order valence-electron chi connectivity index (χ4n) is 1.96. The van der Waals surface area contributed by atoms with Crippen LogP contribution in [0.2, 0.25) is 0 Å². The van der Waals surface area contributed by atoms with E-state index in [0.29, 0.717) is 13.0 Å². The van der Waals surface area contributed by atoms with Crippen LogP contribution in [0, 0.1) is 0 Å². The van der Waals surface area contributed by atoms with Crippen LogP contribution in [-0.4, -0.2) is 12.5 Å². The molecule has 0 aliphatic heterocycles. The summed E-state index contributed by atoms with van der Waals surface area (Å²) in [5.74, 6) is 0.874. The first-order chi connectivity index (χ1) is 9.69. The first kappa shape index (κ1) is 14.6. The number of carbonyl (C=O) groups is 1. The van der Waals surface area contributed by atoms with Crippen LogP contribution in [0.4, 0.5) is 0 Å². The lowest BCUT2D eigenvalue weighted by atomic mass is 10.1. The van der Waals surface area contributed by atoms with Gasteiger partial charge < -0.3 is 10.1 Å². The van der Waals surface area contributed by atoms with E-state index < -0.39 is 0 Å². The Kier molecular flexibility index (Phi) is 5.18. The molecule has 1 unspecified atom stereocenters. The van der Waals surface area contributed by atoms with Crippen molar-refractivity contribution in [3.63, 3.8) is 0 Å². The number of hydrogen-bond acceptors (Lipinski definition) is 3. The molecule has 4 heteroatoms. The van der Waals surface area contributed by atoms with E-state index in [1.807, 2.05) is 55.6 Å². The van der Waals surface area contributed by atoms with Crippen molar-refractivity contribution in [3.8, 4) is 5.75 Å². The third kappa shape index (κ3) is 4.10. The van der Waals surface area contributed by atoms with Gasteiger partial charge in [-0.1, -0.05) is 18.2 Å². The van der Waals surface area contributed by atoms with Crippen LogP contribution in [0.5, 0.6) is 5.75 Å². The molecule has 106 valence electrons. The number of thiophene rings is 1. The van der Waals surface area contributed by atoms with Crippen LogP contribution in [0.1, 0.15) is 30.3 Å². The van der Waals surface area contributed by atoms with E-state index in [9.17, 15) is 4.79 Å². The molecule has 1 aromatic carbocycles. The minimum absolute atomic E-state index is 0.0371. The molecule has 2 aromatic rings. The molecule has 1 N–H and O–H groups in total. The van der Waals surface area contributed by atoms with Gasteiger partial charge in [0.15, 0.2) is 0 Å². The lowest BCUT2D eigenvalue weighted by Gasteiger charge is -2.12. The van der Waals surface area contributed by atoms with Crippen LogP contribution < -0.4 is 10.1 Å². The molecule has 3 nitrogen and oxygen atoms in total. The van der Waals surface area contributed by atoms with Crippen molar-refractivity contribution in [1.82, 2.24) is 5.32 Å². The monoisotopic (exact) mass is 289 g/mol. The van der Waals surface area contributed by atoms with E-state index in [1.165, 1.54) is 4.88 Å². The van der Waals surface area contributed by atoms with Gasteiger partial charge in [-0.25, -0.2) is 0 Å². The first-order valence-corrected chi connectivity index (χ1v) is 7.61. The van der Waals surface area contributed by atoms with Gasteiger partial charge in [0.25, 0.3) is 0 Å². The second-order valence-electron chi connectivity index (χ2n) is 4.56. The predicted molar refractivity (Wildman–Crippen MR) is 82.2 cm³/mol. The zero-order chi connectivity index (χ0) is 14.4. The maximum Gasteiger partial charge on any atom is 0.224 e. The molecule has 0 saturated heterocycles. The lowest BCUT2D eigenvalue weighted by molar-refractivity contribution is -0.121. The molecule has 0 fully saturated rings. The molecule has 0 radical (unpaired) electrons. The van der Waals surface area contributed by atoms with E-state index in [2.05, 4.69) is 5.32 Å². The van der Waals surface area contributed by atoms with Crippen LogP contribution in [0.15, 0.2) is 41.8 Å². The maximum absolute atomic E-state index is 12.0. The second kappa shape index (κ2) is 7.10. The molecular formula is C16H19NO2S. The van der Waals surface area contributed by atoms with Gasteiger partial charge in [0.1, 0.15) is 5.75 Å². The minimum atomic E-state index is 0.0371. The van der Waals surface area contributed by atoms with Gasteiger partial charge in [-0.15, -0.1) is 11.3 Å². The number of benzene rings is 1. The Labute approximate surface area is 123 Å². The smallest absolute Gasteiger partial charge is 0.224 e. The molecule has 1 heterocycles. The van der Waals surface area contributed by atoms with Gasteiger partial charge >= 0.3 is 0 Å². The summed E-state index contributed by atoms with van der Waals surface area (Å²) in [6.07, 6.45) is 0.391. The highest BCUT2D eigenvalue weighted by Crippen LogP contribution is 2.18. The van der Waals surface area contributed by atoms with Gasteiger partial charge in [0.05, 0.1) is 19.1 Å². The lowest BCUT2D eigenvalue weighted by Crippen LogP contribution is -2.27. The highest BCUT2D eigenvalue weighted by molar-refractivity contribution is 7.10. The van der Waals surface area contributed by atoms with Crippen molar-refractivity contribution in [1.29, 1.82) is 0 Å². The van der Waals surface area contributed by atoms with Crippen molar-refractivity contribution in [3.05, 3.63) is 52.2 Å². The van der Waals surface area contributed by atoms with Crippen LogP contribution in [0.3, 0.4) is 0 Å². The van der Waals surface area contributed by atoms with Gasteiger partial charge in [-0.3, -0.25) is 4.79 Å². The largest absolute Gasteiger partial charge is 0.494 e. The van der Waals surface area contributed by atoms with E-state index in [4.69, 9.17) is 4.74 Å². The summed E-state index contributed by atoms with van der Waals surface area (Å²) in [5, 5.41) is 5.03. The maximum atomic E-state index is 12.0. The summed E-state index contributed by atoms with van der Waals surface area (Å²) in [4.78, 5) is 13.2. The Morgan fingerprint density at radius 1 is 1.30 bits per heavy atom. The number of hydrogen-bond donors (Lipinski definition) is 1. The van der Waals surface area contributed by atoms with Gasteiger partial charge in [0, 0.05) is 4.88 Å². The number of rotatable bonds is 6. The first-order valence-electron chi connectivity index (χ1n) is 6.73. The summed E-state index contributed by atoms with van der Waals surface area (Å²) in [6, 6.07) is 11.7. The van der Waals surface area contributed by atoms with Crippen LogP contribution >= 0.6 is 11.3 Å². The Bertz CT molecular complexity index is 534.